The molecule has 0 unspecified atom stereocenters. The Bertz CT molecular complexity index is 862. The van der Waals surface area contributed by atoms with Crippen LogP contribution in [0.4, 0.5) is 10.3 Å². The van der Waals surface area contributed by atoms with Crippen LogP contribution in [-0.4, -0.2) is 14.5 Å². The number of pyridine rings is 1. The molecule has 6 heteroatoms. The van der Waals surface area contributed by atoms with E-state index in [9.17, 15) is 9.18 Å². The van der Waals surface area contributed by atoms with Crippen LogP contribution in [0.3, 0.4) is 0 Å². The molecule has 1 aromatic carbocycles. The van der Waals surface area contributed by atoms with E-state index in [0.29, 0.717) is 23.8 Å². The summed E-state index contributed by atoms with van der Waals surface area (Å²) in [6.07, 6.45) is 1.67. The summed E-state index contributed by atoms with van der Waals surface area (Å²) in [5, 5.41) is 0. The molecule has 3 rings (SSSR count). The summed E-state index contributed by atoms with van der Waals surface area (Å²) in [6, 6.07) is 9.57. The molecule has 0 amide bonds. The van der Waals surface area contributed by atoms with Crippen LogP contribution in [0.25, 0.3) is 11.1 Å². The van der Waals surface area contributed by atoms with Crippen LogP contribution in [0.15, 0.2) is 47.4 Å². The Morgan fingerprint density at radius 3 is 2.64 bits per heavy atom. The Morgan fingerprint density at radius 2 is 2.00 bits per heavy atom. The number of rotatable bonds is 3. The molecule has 0 saturated heterocycles. The van der Waals surface area contributed by atoms with E-state index in [0.717, 1.165) is 5.69 Å². The van der Waals surface area contributed by atoms with Gasteiger partial charge in [-0.15, -0.1) is 0 Å². The fourth-order valence-electron chi connectivity index (χ4n) is 2.35. The van der Waals surface area contributed by atoms with Gasteiger partial charge < -0.3 is 15.3 Å². The summed E-state index contributed by atoms with van der Waals surface area (Å²) in [6.45, 7) is 2.29. The largest absolute Gasteiger partial charge is 0.369 e. The molecule has 3 N–H and O–H groups in total. The van der Waals surface area contributed by atoms with Crippen LogP contribution < -0.4 is 11.3 Å². The predicted octanol–water partition coefficient (Wildman–Crippen LogP) is 2.32. The first kappa shape index (κ1) is 14.1. The number of nitrogen functional groups attached to an aromatic ring is 1. The maximum atomic E-state index is 13.8. The van der Waals surface area contributed by atoms with Gasteiger partial charge in [0, 0.05) is 22.5 Å². The molecule has 3 aromatic rings. The molecule has 0 aliphatic rings. The molecular formula is C16H15FN4O. The van der Waals surface area contributed by atoms with E-state index < -0.39 is 5.82 Å². The molecule has 22 heavy (non-hydrogen) atoms. The Hall–Kier alpha value is -2.89. The molecule has 2 heterocycles. The van der Waals surface area contributed by atoms with Crippen molar-refractivity contribution in [3.63, 3.8) is 0 Å². The fourth-order valence-corrected chi connectivity index (χ4v) is 2.35. The van der Waals surface area contributed by atoms with E-state index in [1.807, 2.05) is 6.92 Å². The van der Waals surface area contributed by atoms with Crippen LogP contribution in [0.1, 0.15) is 11.4 Å². The van der Waals surface area contributed by atoms with Gasteiger partial charge in [0.2, 0.25) is 5.95 Å². The topological polar surface area (TPSA) is 76.7 Å². The number of H-pyrrole nitrogens is 1. The smallest absolute Gasteiger partial charge is 0.256 e. The van der Waals surface area contributed by atoms with E-state index in [2.05, 4.69) is 9.97 Å². The van der Waals surface area contributed by atoms with E-state index in [1.165, 1.54) is 6.07 Å². The van der Waals surface area contributed by atoms with Gasteiger partial charge in [-0.3, -0.25) is 4.79 Å². The van der Waals surface area contributed by atoms with Crippen molar-refractivity contribution in [2.24, 2.45) is 0 Å². The highest BCUT2D eigenvalue weighted by Crippen LogP contribution is 2.19. The standard InChI is InChI=1S/C16H15FN4O/c1-10-8-19-16(18)21(10)9-11-6-7-13(15(22)20-11)12-4-2-3-5-14(12)17/h2-8H,9H2,1H3,(H2,18,19)(H,20,22). The number of anilines is 1. The number of imidazole rings is 1. The number of nitrogens with two attached hydrogens (primary N) is 1. The van der Waals surface area contributed by atoms with Crippen molar-refractivity contribution in [1.29, 1.82) is 0 Å². The third kappa shape index (κ3) is 2.50. The quantitative estimate of drug-likeness (QED) is 0.779. The van der Waals surface area contributed by atoms with Crippen molar-refractivity contribution in [2.75, 3.05) is 5.73 Å². The second kappa shape index (κ2) is 5.48. The first-order chi connectivity index (χ1) is 10.6. The number of halogens is 1. The molecule has 0 bridgehead atoms. The summed E-state index contributed by atoms with van der Waals surface area (Å²) < 4.78 is 15.6. The normalized spacial score (nSPS) is 10.8. The number of aromatic nitrogens is 3. The van der Waals surface area contributed by atoms with Gasteiger partial charge in [-0.2, -0.15) is 0 Å². The lowest BCUT2D eigenvalue weighted by Crippen LogP contribution is -2.15. The van der Waals surface area contributed by atoms with Crippen molar-refractivity contribution >= 4 is 5.95 Å². The van der Waals surface area contributed by atoms with E-state index in [1.54, 1.807) is 41.1 Å². The lowest BCUT2D eigenvalue weighted by atomic mass is 10.1. The number of aryl methyl sites for hydroxylation is 1. The van der Waals surface area contributed by atoms with Crippen molar-refractivity contribution in [2.45, 2.75) is 13.5 Å². The van der Waals surface area contributed by atoms with Crippen LogP contribution in [0, 0.1) is 12.7 Å². The Morgan fingerprint density at radius 1 is 1.23 bits per heavy atom. The zero-order chi connectivity index (χ0) is 15.7. The number of nitrogens with zero attached hydrogens (tertiary/aromatic N) is 2. The number of hydrogen-bond acceptors (Lipinski definition) is 3. The average Bonchev–Trinajstić information content (AvgIpc) is 2.80. The van der Waals surface area contributed by atoms with Gasteiger partial charge in [0.25, 0.3) is 5.56 Å². The van der Waals surface area contributed by atoms with Crippen molar-refractivity contribution in [1.82, 2.24) is 14.5 Å². The maximum absolute atomic E-state index is 13.8. The first-order valence-corrected chi connectivity index (χ1v) is 6.81. The van der Waals surface area contributed by atoms with Gasteiger partial charge in [-0.1, -0.05) is 18.2 Å². The molecule has 0 atom stereocenters. The van der Waals surface area contributed by atoms with E-state index in [-0.39, 0.29) is 11.1 Å². The van der Waals surface area contributed by atoms with Gasteiger partial charge >= 0.3 is 0 Å². The Balaban J connectivity index is 1.97. The molecule has 112 valence electrons. The highest BCUT2D eigenvalue weighted by molar-refractivity contribution is 5.62. The maximum Gasteiger partial charge on any atom is 0.256 e. The Labute approximate surface area is 126 Å². The van der Waals surface area contributed by atoms with E-state index >= 15 is 0 Å². The minimum atomic E-state index is -0.421. The number of hydrogen-bond donors (Lipinski definition) is 2. The second-order valence-corrected chi connectivity index (χ2v) is 5.05. The average molecular weight is 298 g/mol. The van der Waals surface area contributed by atoms with Crippen molar-refractivity contribution in [3.8, 4) is 11.1 Å². The lowest BCUT2D eigenvalue weighted by Gasteiger charge is -2.09. The van der Waals surface area contributed by atoms with E-state index in [4.69, 9.17) is 5.73 Å². The van der Waals surface area contributed by atoms with Gasteiger partial charge in [0.1, 0.15) is 5.82 Å². The molecular weight excluding hydrogens is 283 g/mol. The van der Waals surface area contributed by atoms with Gasteiger partial charge in [-0.25, -0.2) is 9.37 Å². The highest BCUT2D eigenvalue weighted by Gasteiger charge is 2.10. The number of aromatic amines is 1. The van der Waals surface area contributed by atoms with Gasteiger partial charge in [-0.05, 0) is 25.1 Å². The molecule has 0 saturated carbocycles. The highest BCUT2D eigenvalue weighted by atomic mass is 19.1. The molecule has 2 aromatic heterocycles. The third-order valence-electron chi connectivity index (χ3n) is 3.55. The van der Waals surface area contributed by atoms with Crippen LogP contribution in [0.2, 0.25) is 0 Å². The van der Waals surface area contributed by atoms with Crippen molar-refractivity contribution < 1.29 is 4.39 Å². The minimum Gasteiger partial charge on any atom is -0.369 e. The summed E-state index contributed by atoms with van der Waals surface area (Å²) in [5.41, 5.74) is 7.61. The van der Waals surface area contributed by atoms with Gasteiger partial charge in [0.05, 0.1) is 12.7 Å². The first-order valence-electron chi connectivity index (χ1n) is 6.81. The monoisotopic (exact) mass is 298 g/mol. The number of benzene rings is 1. The van der Waals surface area contributed by atoms with Crippen molar-refractivity contribution in [3.05, 3.63) is 70.2 Å². The van der Waals surface area contributed by atoms with Gasteiger partial charge in [0.15, 0.2) is 0 Å². The molecule has 5 nitrogen and oxygen atoms in total. The van der Waals surface area contributed by atoms with Crippen LogP contribution in [-0.2, 0) is 6.54 Å². The molecule has 0 spiro atoms. The third-order valence-corrected chi connectivity index (χ3v) is 3.55. The fraction of sp³-hybridized carbons (Fsp3) is 0.125. The SMILES string of the molecule is Cc1cnc(N)n1Cc1ccc(-c2ccccc2F)c(=O)[nH]1. The second-order valence-electron chi connectivity index (χ2n) is 5.05. The molecule has 0 aliphatic heterocycles. The molecule has 0 fully saturated rings. The summed E-state index contributed by atoms with van der Waals surface area (Å²) in [4.78, 5) is 19.0. The Kier molecular flexibility index (Phi) is 3.50. The zero-order valence-corrected chi connectivity index (χ0v) is 12.0. The number of nitrogens with one attached hydrogen (secondary N) is 1. The summed E-state index contributed by atoms with van der Waals surface area (Å²) in [7, 11) is 0. The predicted molar refractivity (Wildman–Crippen MR) is 82.9 cm³/mol. The lowest BCUT2D eigenvalue weighted by molar-refractivity contribution is 0.631. The summed E-state index contributed by atoms with van der Waals surface area (Å²) in [5.74, 6) is -0.0352. The van der Waals surface area contributed by atoms with Crippen LogP contribution in [0.5, 0.6) is 0 Å². The molecule has 0 aliphatic carbocycles. The van der Waals surface area contributed by atoms with Crippen LogP contribution >= 0.6 is 0 Å². The summed E-state index contributed by atoms with van der Waals surface area (Å²) >= 11 is 0. The minimum absolute atomic E-state index is 0.286. The molecule has 0 radical (unpaired) electrons. The zero-order valence-electron chi connectivity index (χ0n) is 12.0.